The molecule has 0 heterocycles. The maximum Gasteiger partial charge on any atom is 0.271 e. The van der Waals surface area contributed by atoms with Crippen molar-refractivity contribution >= 4 is 22.9 Å². The van der Waals surface area contributed by atoms with E-state index in [-0.39, 0.29) is 5.91 Å². The number of para-hydroxylation sites is 1. The Morgan fingerprint density at radius 1 is 1.00 bits per heavy atom. The summed E-state index contributed by atoms with van der Waals surface area (Å²) in [6.45, 7) is 0. The van der Waals surface area contributed by atoms with E-state index >= 15 is 0 Å². The van der Waals surface area contributed by atoms with Gasteiger partial charge < -0.3 is 4.74 Å². The van der Waals surface area contributed by atoms with E-state index in [1.807, 2.05) is 60.7 Å². The lowest BCUT2D eigenvalue weighted by molar-refractivity contribution is 0.0955. The third kappa shape index (κ3) is 3.37. The average Bonchev–Trinajstić information content (AvgIpc) is 2.61. The van der Waals surface area contributed by atoms with E-state index in [4.69, 9.17) is 4.74 Å². The summed E-state index contributed by atoms with van der Waals surface area (Å²) in [5, 5.41) is 6.12. The molecule has 0 aliphatic rings. The third-order valence-corrected chi connectivity index (χ3v) is 3.52. The van der Waals surface area contributed by atoms with Gasteiger partial charge in [0, 0.05) is 11.1 Å². The molecular formula is C19H16N2O2. The standard InChI is InChI=1S/C19H16N2O2/c1-23-18-9-5-4-8-17(18)13-20-21-19(22)16-11-10-14-6-2-3-7-15(14)12-16/h2-13H,1H3,(H,21,22)/b20-13-. The molecule has 0 fully saturated rings. The van der Waals surface area contributed by atoms with Crippen LogP contribution >= 0.6 is 0 Å². The molecule has 3 aromatic rings. The summed E-state index contributed by atoms with van der Waals surface area (Å²) in [6.07, 6.45) is 1.57. The second-order valence-corrected chi connectivity index (χ2v) is 5.00. The summed E-state index contributed by atoms with van der Waals surface area (Å²) in [7, 11) is 1.60. The Balaban J connectivity index is 1.74. The molecule has 1 amide bonds. The number of ether oxygens (including phenoxy) is 1. The SMILES string of the molecule is COc1ccccc1/C=N\NC(=O)c1ccc2ccccc2c1. The number of hydrogen-bond donors (Lipinski definition) is 1. The van der Waals surface area contributed by atoms with E-state index in [1.165, 1.54) is 0 Å². The molecular weight excluding hydrogens is 288 g/mol. The number of methoxy groups -OCH3 is 1. The molecule has 0 saturated heterocycles. The van der Waals surface area contributed by atoms with Crippen molar-refractivity contribution in [2.24, 2.45) is 5.10 Å². The van der Waals surface area contributed by atoms with E-state index in [2.05, 4.69) is 10.5 Å². The first-order chi connectivity index (χ1) is 11.3. The first-order valence-corrected chi connectivity index (χ1v) is 7.23. The van der Waals surface area contributed by atoms with Crippen LogP contribution in [0, 0.1) is 0 Å². The maximum absolute atomic E-state index is 12.2. The lowest BCUT2D eigenvalue weighted by Crippen LogP contribution is -2.17. The Kier molecular flexibility index (Phi) is 4.34. The Labute approximate surface area is 134 Å². The van der Waals surface area contributed by atoms with Crippen LogP contribution in [0.5, 0.6) is 5.75 Å². The molecule has 0 unspecified atom stereocenters. The van der Waals surface area contributed by atoms with Gasteiger partial charge in [0.1, 0.15) is 5.75 Å². The Morgan fingerprint density at radius 2 is 1.74 bits per heavy atom. The second-order valence-electron chi connectivity index (χ2n) is 5.00. The fourth-order valence-corrected chi connectivity index (χ4v) is 2.33. The minimum absolute atomic E-state index is 0.248. The van der Waals surface area contributed by atoms with Crippen LogP contribution in [0.2, 0.25) is 0 Å². The number of fused-ring (bicyclic) bond motifs is 1. The highest BCUT2D eigenvalue weighted by Gasteiger charge is 2.05. The van der Waals surface area contributed by atoms with Crippen LogP contribution in [0.4, 0.5) is 0 Å². The van der Waals surface area contributed by atoms with E-state index in [0.717, 1.165) is 16.3 Å². The zero-order valence-corrected chi connectivity index (χ0v) is 12.7. The number of carbonyl (C=O) groups is 1. The van der Waals surface area contributed by atoms with Gasteiger partial charge in [-0.2, -0.15) is 5.10 Å². The van der Waals surface area contributed by atoms with Crippen LogP contribution in [0.1, 0.15) is 15.9 Å². The van der Waals surface area contributed by atoms with Gasteiger partial charge in [0.05, 0.1) is 13.3 Å². The van der Waals surface area contributed by atoms with Crippen molar-refractivity contribution in [2.45, 2.75) is 0 Å². The van der Waals surface area contributed by atoms with Gasteiger partial charge in [0.2, 0.25) is 0 Å². The molecule has 0 atom stereocenters. The van der Waals surface area contributed by atoms with Crippen LogP contribution in [-0.2, 0) is 0 Å². The number of benzene rings is 3. The van der Waals surface area contributed by atoms with E-state index in [0.29, 0.717) is 11.3 Å². The highest BCUT2D eigenvalue weighted by molar-refractivity contribution is 5.99. The Bertz CT molecular complexity index is 872. The molecule has 0 spiro atoms. The van der Waals surface area contributed by atoms with Gasteiger partial charge in [0.15, 0.2) is 0 Å². The number of nitrogens with one attached hydrogen (secondary N) is 1. The molecule has 114 valence electrons. The molecule has 3 rings (SSSR count). The predicted molar refractivity (Wildman–Crippen MR) is 92.0 cm³/mol. The molecule has 0 saturated carbocycles. The van der Waals surface area contributed by atoms with E-state index in [9.17, 15) is 4.79 Å². The zero-order chi connectivity index (χ0) is 16.1. The van der Waals surface area contributed by atoms with Gasteiger partial charge >= 0.3 is 0 Å². The predicted octanol–water partition coefficient (Wildman–Crippen LogP) is 3.61. The average molecular weight is 304 g/mol. The molecule has 0 aliphatic carbocycles. The monoisotopic (exact) mass is 304 g/mol. The van der Waals surface area contributed by atoms with Crippen LogP contribution in [0.25, 0.3) is 10.8 Å². The summed E-state index contributed by atoms with van der Waals surface area (Å²) in [5.41, 5.74) is 3.91. The molecule has 4 heteroatoms. The maximum atomic E-state index is 12.2. The quantitative estimate of drug-likeness (QED) is 0.591. The van der Waals surface area contributed by atoms with E-state index < -0.39 is 0 Å². The van der Waals surface area contributed by atoms with Crippen molar-refractivity contribution in [2.75, 3.05) is 7.11 Å². The summed E-state index contributed by atoms with van der Waals surface area (Å²) in [5.74, 6) is 0.457. The number of carbonyl (C=O) groups excluding carboxylic acids is 1. The summed E-state index contributed by atoms with van der Waals surface area (Å²) in [4.78, 5) is 12.2. The van der Waals surface area contributed by atoms with Crippen molar-refractivity contribution in [3.8, 4) is 5.75 Å². The first-order valence-electron chi connectivity index (χ1n) is 7.23. The molecule has 0 bridgehead atoms. The minimum atomic E-state index is -0.248. The number of hydrazone groups is 1. The molecule has 0 aliphatic heterocycles. The van der Waals surface area contributed by atoms with Crippen molar-refractivity contribution < 1.29 is 9.53 Å². The number of nitrogens with zero attached hydrogens (tertiary/aromatic N) is 1. The fourth-order valence-electron chi connectivity index (χ4n) is 2.33. The Hall–Kier alpha value is -3.14. The molecule has 3 aromatic carbocycles. The zero-order valence-electron chi connectivity index (χ0n) is 12.7. The van der Waals surface area contributed by atoms with Gasteiger partial charge in [0.25, 0.3) is 5.91 Å². The van der Waals surface area contributed by atoms with Gasteiger partial charge in [-0.3, -0.25) is 4.79 Å². The van der Waals surface area contributed by atoms with Crippen molar-refractivity contribution in [3.63, 3.8) is 0 Å². The fraction of sp³-hybridized carbons (Fsp3) is 0.0526. The lowest BCUT2D eigenvalue weighted by Gasteiger charge is -2.04. The van der Waals surface area contributed by atoms with Crippen molar-refractivity contribution in [1.82, 2.24) is 5.43 Å². The van der Waals surface area contributed by atoms with Crippen molar-refractivity contribution in [1.29, 1.82) is 0 Å². The topological polar surface area (TPSA) is 50.7 Å². The minimum Gasteiger partial charge on any atom is -0.496 e. The van der Waals surface area contributed by atoms with E-state index in [1.54, 1.807) is 19.4 Å². The number of rotatable bonds is 4. The number of amides is 1. The second kappa shape index (κ2) is 6.75. The molecule has 0 aromatic heterocycles. The van der Waals surface area contributed by atoms with Crippen LogP contribution < -0.4 is 10.2 Å². The molecule has 1 N–H and O–H groups in total. The summed E-state index contributed by atoms with van der Waals surface area (Å²) >= 11 is 0. The Morgan fingerprint density at radius 3 is 2.57 bits per heavy atom. The molecule has 0 radical (unpaired) electrons. The van der Waals surface area contributed by atoms with Crippen LogP contribution in [-0.4, -0.2) is 19.2 Å². The van der Waals surface area contributed by atoms with Crippen molar-refractivity contribution in [3.05, 3.63) is 77.9 Å². The summed E-state index contributed by atoms with van der Waals surface area (Å²) < 4.78 is 5.23. The van der Waals surface area contributed by atoms with Gasteiger partial charge in [-0.15, -0.1) is 0 Å². The van der Waals surface area contributed by atoms with Gasteiger partial charge in [-0.25, -0.2) is 5.43 Å². The van der Waals surface area contributed by atoms with Crippen LogP contribution in [0.3, 0.4) is 0 Å². The highest BCUT2D eigenvalue weighted by Crippen LogP contribution is 2.16. The largest absolute Gasteiger partial charge is 0.496 e. The van der Waals surface area contributed by atoms with Gasteiger partial charge in [-0.05, 0) is 35.0 Å². The normalized spacial score (nSPS) is 10.8. The molecule has 23 heavy (non-hydrogen) atoms. The first kappa shape index (κ1) is 14.8. The molecule has 4 nitrogen and oxygen atoms in total. The lowest BCUT2D eigenvalue weighted by atomic mass is 10.1. The van der Waals surface area contributed by atoms with Crippen LogP contribution in [0.15, 0.2) is 71.8 Å². The number of hydrogen-bond acceptors (Lipinski definition) is 3. The van der Waals surface area contributed by atoms with Gasteiger partial charge in [-0.1, -0.05) is 42.5 Å². The summed E-state index contributed by atoms with van der Waals surface area (Å²) in [6, 6.07) is 20.9. The highest BCUT2D eigenvalue weighted by atomic mass is 16.5. The smallest absolute Gasteiger partial charge is 0.271 e. The third-order valence-electron chi connectivity index (χ3n) is 3.52.